The first-order chi connectivity index (χ1) is 14.6. The van der Waals surface area contributed by atoms with Gasteiger partial charge in [-0.3, -0.25) is 15.0 Å². The van der Waals surface area contributed by atoms with Gasteiger partial charge in [0.25, 0.3) is 0 Å². The highest BCUT2D eigenvalue weighted by Crippen LogP contribution is 2.34. The molecule has 1 saturated heterocycles. The number of nitro benzene ring substituents is 1. The number of nitro groups is 1. The second kappa shape index (κ2) is 9.11. The van der Waals surface area contributed by atoms with Crippen molar-refractivity contribution in [3.63, 3.8) is 0 Å². The number of ether oxygens (including phenoxy) is 1. The lowest BCUT2D eigenvalue weighted by atomic mass is 10.1. The molecule has 0 amide bonds. The Bertz CT molecular complexity index is 1060. The van der Waals surface area contributed by atoms with Gasteiger partial charge in [-0.15, -0.1) is 0 Å². The van der Waals surface area contributed by atoms with E-state index >= 15 is 0 Å². The molecule has 2 aromatic heterocycles. The number of benzene rings is 1. The molecule has 0 saturated carbocycles. The van der Waals surface area contributed by atoms with E-state index in [2.05, 4.69) is 30.5 Å². The first kappa shape index (κ1) is 20.8. The van der Waals surface area contributed by atoms with Gasteiger partial charge in [0.2, 0.25) is 0 Å². The Morgan fingerprint density at radius 1 is 1.27 bits per heavy atom. The lowest BCUT2D eigenvalue weighted by Gasteiger charge is -2.20. The molecule has 1 N–H and O–H groups in total. The van der Waals surface area contributed by atoms with Crippen LogP contribution in [0.3, 0.4) is 0 Å². The molecule has 3 aromatic rings. The van der Waals surface area contributed by atoms with E-state index < -0.39 is 4.92 Å². The van der Waals surface area contributed by atoms with Crippen molar-refractivity contribution < 1.29 is 9.66 Å². The summed E-state index contributed by atoms with van der Waals surface area (Å²) >= 11 is 3.55. The maximum atomic E-state index is 11.6. The SMILES string of the molecule is CCOc1ccc(-c2nc3ccc(Br)cn3c2CN2CCCNCC2)cc1[N+](=O)[O-]. The van der Waals surface area contributed by atoms with Crippen LogP contribution in [0.1, 0.15) is 19.0 Å². The third-order valence-corrected chi connectivity index (χ3v) is 5.69. The third-order valence-electron chi connectivity index (χ3n) is 5.22. The number of pyridine rings is 1. The number of aromatic nitrogens is 2. The highest BCUT2D eigenvalue weighted by molar-refractivity contribution is 9.10. The molecule has 1 aliphatic heterocycles. The largest absolute Gasteiger partial charge is 0.487 e. The van der Waals surface area contributed by atoms with Crippen LogP contribution in [0.2, 0.25) is 0 Å². The summed E-state index contributed by atoms with van der Waals surface area (Å²) in [6.45, 7) is 6.82. The Morgan fingerprint density at radius 2 is 2.13 bits per heavy atom. The number of nitrogens with one attached hydrogen (secondary N) is 1. The van der Waals surface area contributed by atoms with Gasteiger partial charge in [0, 0.05) is 41.9 Å². The zero-order valence-electron chi connectivity index (χ0n) is 16.8. The van der Waals surface area contributed by atoms with Crippen LogP contribution in [0.5, 0.6) is 5.75 Å². The minimum atomic E-state index is -0.402. The van der Waals surface area contributed by atoms with Gasteiger partial charge in [0.15, 0.2) is 5.75 Å². The van der Waals surface area contributed by atoms with Crippen molar-refractivity contribution in [3.8, 4) is 17.0 Å². The number of nitrogens with zero attached hydrogens (tertiary/aromatic N) is 4. The first-order valence-electron chi connectivity index (χ1n) is 10.1. The van der Waals surface area contributed by atoms with Crippen LogP contribution in [0.4, 0.5) is 5.69 Å². The second-order valence-corrected chi connectivity index (χ2v) is 8.15. The van der Waals surface area contributed by atoms with Gasteiger partial charge in [-0.05, 0) is 66.6 Å². The van der Waals surface area contributed by atoms with Crippen LogP contribution < -0.4 is 10.1 Å². The molecule has 1 aliphatic rings. The van der Waals surface area contributed by atoms with Crippen LogP contribution in [-0.2, 0) is 6.54 Å². The van der Waals surface area contributed by atoms with E-state index in [9.17, 15) is 10.1 Å². The number of imidazole rings is 1. The quantitative estimate of drug-likeness (QED) is 0.432. The number of rotatable bonds is 6. The molecule has 9 heteroatoms. The monoisotopic (exact) mass is 473 g/mol. The summed E-state index contributed by atoms with van der Waals surface area (Å²) in [4.78, 5) is 18.4. The van der Waals surface area contributed by atoms with Crippen molar-refractivity contribution in [2.24, 2.45) is 0 Å². The minimum absolute atomic E-state index is 0.0440. The van der Waals surface area contributed by atoms with Crippen molar-refractivity contribution in [2.75, 3.05) is 32.8 Å². The normalized spacial score (nSPS) is 15.3. The Hall–Kier alpha value is -2.49. The van der Waals surface area contributed by atoms with Crippen molar-refractivity contribution in [1.29, 1.82) is 0 Å². The molecule has 0 bridgehead atoms. The van der Waals surface area contributed by atoms with Gasteiger partial charge >= 0.3 is 5.69 Å². The van der Waals surface area contributed by atoms with Gasteiger partial charge in [-0.1, -0.05) is 0 Å². The average Bonchev–Trinajstić information content (AvgIpc) is 2.89. The van der Waals surface area contributed by atoms with Crippen molar-refractivity contribution in [1.82, 2.24) is 19.6 Å². The van der Waals surface area contributed by atoms with E-state index in [0.29, 0.717) is 12.2 Å². The zero-order chi connectivity index (χ0) is 21.1. The number of hydrogen-bond donors (Lipinski definition) is 1. The topological polar surface area (TPSA) is 84.9 Å². The summed E-state index contributed by atoms with van der Waals surface area (Å²) in [5.74, 6) is 0.276. The molecule has 0 spiro atoms. The van der Waals surface area contributed by atoms with Gasteiger partial charge in [-0.2, -0.15) is 0 Å². The molecule has 0 radical (unpaired) electrons. The molecule has 0 aliphatic carbocycles. The van der Waals surface area contributed by atoms with Crippen LogP contribution in [0.25, 0.3) is 16.9 Å². The molecule has 1 fully saturated rings. The summed E-state index contributed by atoms with van der Waals surface area (Å²) in [6, 6.07) is 8.98. The van der Waals surface area contributed by atoms with E-state index in [4.69, 9.17) is 9.72 Å². The van der Waals surface area contributed by atoms with E-state index in [0.717, 1.165) is 60.7 Å². The molecule has 30 heavy (non-hydrogen) atoms. The second-order valence-electron chi connectivity index (χ2n) is 7.23. The predicted molar refractivity (Wildman–Crippen MR) is 119 cm³/mol. The van der Waals surface area contributed by atoms with Crippen molar-refractivity contribution in [2.45, 2.75) is 19.9 Å². The van der Waals surface area contributed by atoms with Crippen molar-refractivity contribution in [3.05, 3.63) is 56.8 Å². The van der Waals surface area contributed by atoms with Crippen LogP contribution in [0, 0.1) is 10.1 Å². The van der Waals surface area contributed by atoms with E-state index in [1.807, 2.05) is 31.3 Å². The standard InChI is InChI=1S/C21H24BrN5O3/c1-2-30-19-6-4-15(12-17(19)27(28)29)21-18(14-25-10-3-8-23-9-11-25)26-13-16(22)5-7-20(26)24-21/h4-7,12-13,23H,2-3,8-11,14H2,1H3. The van der Waals surface area contributed by atoms with Crippen LogP contribution in [-0.4, -0.2) is 52.0 Å². The van der Waals surface area contributed by atoms with Gasteiger partial charge < -0.3 is 14.5 Å². The molecular formula is C21H24BrN5O3. The first-order valence-corrected chi connectivity index (χ1v) is 10.9. The molecule has 158 valence electrons. The molecule has 0 unspecified atom stereocenters. The van der Waals surface area contributed by atoms with Gasteiger partial charge in [-0.25, -0.2) is 4.98 Å². The van der Waals surface area contributed by atoms with Gasteiger partial charge in [0.1, 0.15) is 5.65 Å². The van der Waals surface area contributed by atoms with Crippen molar-refractivity contribution >= 4 is 27.3 Å². The highest BCUT2D eigenvalue weighted by atomic mass is 79.9. The molecule has 1 aromatic carbocycles. The molecule has 3 heterocycles. The summed E-state index contributed by atoms with van der Waals surface area (Å²) in [6.07, 6.45) is 3.09. The lowest BCUT2D eigenvalue weighted by Crippen LogP contribution is -2.28. The Labute approximate surface area is 183 Å². The number of halogens is 1. The zero-order valence-corrected chi connectivity index (χ0v) is 18.4. The van der Waals surface area contributed by atoms with E-state index in [1.165, 1.54) is 0 Å². The third kappa shape index (κ3) is 4.33. The summed E-state index contributed by atoms with van der Waals surface area (Å²) in [5.41, 5.74) is 3.27. The lowest BCUT2D eigenvalue weighted by molar-refractivity contribution is -0.385. The summed E-state index contributed by atoms with van der Waals surface area (Å²) in [5, 5.41) is 15.0. The van der Waals surface area contributed by atoms with Crippen LogP contribution >= 0.6 is 15.9 Å². The highest BCUT2D eigenvalue weighted by Gasteiger charge is 2.22. The number of fused-ring (bicyclic) bond motifs is 1. The minimum Gasteiger partial charge on any atom is -0.487 e. The Morgan fingerprint density at radius 3 is 2.93 bits per heavy atom. The fourth-order valence-corrected chi connectivity index (χ4v) is 4.14. The maximum absolute atomic E-state index is 11.6. The molecular weight excluding hydrogens is 450 g/mol. The van der Waals surface area contributed by atoms with Crippen LogP contribution in [0.15, 0.2) is 41.0 Å². The fraction of sp³-hybridized carbons (Fsp3) is 0.381. The predicted octanol–water partition coefficient (Wildman–Crippen LogP) is 3.87. The van der Waals surface area contributed by atoms with E-state index in [-0.39, 0.29) is 11.4 Å². The molecule has 8 nitrogen and oxygen atoms in total. The Kier molecular flexibility index (Phi) is 6.31. The van der Waals surface area contributed by atoms with Gasteiger partial charge in [0.05, 0.1) is 22.9 Å². The number of hydrogen-bond acceptors (Lipinski definition) is 6. The van der Waals surface area contributed by atoms with E-state index in [1.54, 1.807) is 12.1 Å². The summed E-state index contributed by atoms with van der Waals surface area (Å²) in [7, 11) is 0. The Balaban J connectivity index is 1.81. The fourth-order valence-electron chi connectivity index (χ4n) is 3.81. The maximum Gasteiger partial charge on any atom is 0.311 e. The smallest absolute Gasteiger partial charge is 0.311 e. The molecule has 4 rings (SSSR count). The molecule has 0 atom stereocenters. The summed E-state index contributed by atoms with van der Waals surface area (Å²) < 4.78 is 8.46. The average molecular weight is 474 g/mol.